The van der Waals surface area contributed by atoms with Crippen LogP contribution < -0.4 is 0 Å². The van der Waals surface area contributed by atoms with Crippen LogP contribution in [0.3, 0.4) is 0 Å². The number of likely N-dealkylation sites (N-methyl/N-ethyl adjacent to an activating group) is 1. The Balaban J connectivity index is 2.54. The molecule has 0 aliphatic rings. The van der Waals surface area contributed by atoms with Crippen LogP contribution in [0.1, 0.15) is 26.3 Å². The Morgan fingerprint density at radius 2 is 2.00 bits per heavy atom. The van der Waals surface area contributed by atoms with Gasteiger partial charge in [0.15, 0.2) is 0 Å². The topological polar surface area (TPSA) is 3.24 Å². The second kappa shape index (κ2) is 8.44. The summed E-state index contributed by atoms with van der Waals surface area (Å²) in [7, 11) is 2.04. The fourth-order valence-corrected chi connectivity index (χ4v) is 2.34. The molecule has 22 heavy (non-hydrogen) atoms. The summed E-state index contributed by atoms with van der Waals surface area (Å²) in [5.41, 5.74) is 1.95. The van der Waals surface area contributed by atoms with E-state index in [1.165, 1.54) is 0 Å². The molecule has 0 fully saturated rings. The summed E-state index contributed by atoms with van der Waals surface area (Å²) in [6.45, 7) is 11.9. The van der Waals surface area contributed by atoms with Crippen LogP contribution in [0.2, 0.25) is 10.0 Å². The number of hydrogen-bond donors (Lipinski definition) is 0. The fourth-order valence-electron chi connectivity index (χ4n) is 1.80. The average molecular weight is 336 g/mol. The zero-order chi connectivity index (χ0) is 16.8. The monoisotopic (exact) mass is 335 g/mol. The van der Waals surface area contributed by atoms with Gasteiger partial charge in [0.25, 0.3) is 0 Å². The van der Waals surface area contributed by atoms with Crippen molar-refractivity contribution in [2.24, 2.45) is 5.41 Å². The molecule has 1 aromatic rings. The van der Waals surface area contributed by atoms with Gasteiger partial charge in [-0.1, -0.05) is 53.8 Å². The zero-order valence-electron chi connectivity index (χ0n) is 13.7. The molecule has 0 amide bonds. The third kappa shape index (κ3) is 7.18. The summed E-state index contributed by atoms with van der Waals surface area (Å²) in [5, 5.41) is 1.27. The maximum Gasteiger partial charge on any atom is 0.0496 e. The van der Waals surface area contributed by atoms with Gasteiger partial charge in [-0.3, -0.25) is 4.90 Å². The van der Waals surface area contributed by atoms with Crippen molar-refractivity contribution in [2.75, 3.05) is 20.1 Å². The van der Waals surface area contributed by atoms with Crippen LogP contribution in [-0.2, 0) is 0 Å². The minimum Gasteiger partial charge on any atom is -0.298 e. The van der Waals surface area contributed by atoms with Crippen molar-refractivity contribution in [3.63, 3.8) is 0 Å². The Kier molecular flexibility index (Phi) is 7.23. The molecule has 0 N–H and O–H groups in total. The molecular formula is C19H23Cl2N. The zero-order valence-corrected chi connectivity index (χ0v) is 15.2. The summed E-state index contributed by atoms with van der Waals surface area (Å²) in [4.78, 5) is 2.16. The first-order valence-electron chi connectivity index (χ1n) is 7.18. The highest BCUT2D eigenvalue weighted by atomic mass is 35.5. The van der Waals surface area contributed by atoms with Crippen molar-refractivity contribution in [2.45, 2.75) is 20.8 Å². The van der Waals surface area contributed by atoms with Gasteiger partial charge in [-0.2, -0.15) is 0 Å². The van der Waals surface area contributed by atoms with Crippen LogP contribution in [0.5, 0.6) is 0 Å². The highest BCUT2D eigenvalue weighted by Crippen LogP contribution is 2.26. The van der Waals surface area contributed by atoms with Crippen LogP contribution in [0, 0.1) is 17.3 Å². The highest BCUT2D eigenvalue weighted by Gasteiger charge is 2.07. The maximum absolute atomic E-state index is 6.20. The van der Waals surface area contributed by atoms with Crippen LogP contribution >= 0.6 is 23.2 Å². The van der Waals surface area contributed by atoms with Gasteiger partial charge in [0.05, 0.1) is 0 Å². The first kappa shape index (κ1) is 18.8. The fraction of sp³-hybridized carbons (Fsp3) is 0.368. The summed E-state index contributed by atoms with van der Waals surface area (Å²) in [5.74, 6) is 6.24. The van der Waals surface area contributed by atoms with Gasteiger partial charge >= 0.3 is 0 Å². The van der Waals surface area contributed by atoms with Crippen LogP contribution in [-0.4, -0.2) is 25.0 Å². The predicted octanol–water partition coefficient (Wildman–Crippen LogP) is 5.54. The summed E-state index contributed by atoms with van der Waals surface area (Å²) >= 11 is 12.1. The molecule has 0 bridgehead atoms. The summed E-state index contributed by atoms with van der Waals surface area (Å²) in [6.07, 6.45) is 3.95. The van der Waals surface area contributed by atoms with Gasteiger partial charge in [-0.15, -0.1) is 0 Å². The number of halogens is 2. The molecule has 0 spiro atoms. The average Bonchev–Trinajstić information content (AvgIpc) is 2.36. The molecule has 1 nitrogen and oxygen atoms in total. The molecule has 0 heterocycles. The van der Waals surface area contributed by atoms with Crippen LogP contribution in [0.4, 0.5) is 0 Å². The molecule has 118 valence electrons. The van der Waals surface area contributed by atoms with Gasteiger partial charge in [0.1, 0.15) is 0 Å². The molecule has 0 unspecified atom stereocenters. The third-order valence-corrected chi connectivity index (χ3v) is 3.39. The highest BCUT2D eigenvalue weighted by molar-refractivity contribution is 6.35. The van der Waals surface area contributed by atoms with Gasteiger partial charge in [-0.25, -0.2) is 0 Å². The molecular weight excluding hydrogens is 313 g/mol. The normalized spacial score (nSPS) is 11.6. The Bertz CT molecular complexity index is 613. The van der Waals surface area contributed by atoms with E-state index in [0.717, 1.165) is 24.2 Å². The first-order valence-corrected chi connectivity index (χ1v) is 7.94. The molecule has 3 heteroatoms. The van der Waals surface area contributed by atoms with Gasteiger partial charge in [0.2, 0.25) is 0 Å². The van der Waals surface area contributed by atoms with E-state index < -0.39 is 0 Å². The van der Waals surface area contributed by atoms with Crippen LogP contribution in [0.25, 0.3) is 5.57 Å². The lowest BCUT2D eigenvalue weighted by atomic mass is 9.98. The molecule has 0 atom stereocenters. The summed E-state index contributed by atoms with van der Waals surface area (Å²) in [6, 6.07) is 5.48. The van der Waals surface area contributed by atoms with E-state index in [9.17, 15) is 0 Å². The lowest BCUT2D eigenvalue weighted by molar-refractivity contribution is 0.419. The molecule has 0 saturated heterocycles. The molecule has 0 radical (unpaired) electrons. The second-order valence-corrected chi connectivity index (χ2v) is 7.19. The van der Waals surface area contributed by atoms with Crippen LogP contribution in [0.15, 0.2) is 36.9 Å². The quantitative estimate of drug-likeness (QED) is 0.638. The minimum atomic E-state index is 0.0376. The number of rotatable bonds is 5. The molecule has 0 aliphatic carbocycles. The lowest BCUT2D eigenvalue weighted by Gasteiger charge is -2.17. The minimum absolute atomic E-state index is 0.0376. The molecule has 0 saturated carbocycles. The van der Waals surface area contributed by atoms with E-state index in [-0.39, 0.29) is 5.41 Å². The third-order valence-electron chi connectivity index (χ3n) is 2.84. The molecule has 0 aromatic heterocycles. The Labute approximate surface area is 144 Å². The lowest BCUT2D eigenvalue weighted by Crippen LogP contribution is -2.20. The molecule has 1 aromatic carbocycles. The van der Waals surface area contributed by atoms with Crippen molar-refractivity contribution in [3.05, 3.63) is 52.5 Å². The number of hydrogen-bond acceptors (Lipinski definition) is 1. The van der Waals surface area contributed by atoms with Crippen molar-refractivity contribution in [1.82, 2.24) is 4.90 Å². The Morgan fingerprint density at radius 1 is 1.32 bits per heavy atom. The summed E-state index contributed by atoms with van der Waals surface area (Å²) < 4.78 is 0. The van der Waals surface area contributed by atoms with Crippen molar-refractivity contribution in [3.8, 4) is 11.8 Å². The maximum atomic E-state index is 6.20. The number of nitrogens with zero attached hydrogens (tertiary/aromatic N) is 1. The van der Waals surface area contributed by atoms with E-state index in [4.69, 9.17) is 23.2 Å². The van der Waals surface area contributed by atoms with Crippen molar-refractivity contribution in [1.29, 1.82) is 0 Å². The van der Waals surface area contributed by atoms with Gasteiger partial charge in [-0.05, 0) is 57.2 Å². The van der Waals surface area contributed by atoms with E-state index in [2.05, 4.69) is 50.2 Å². The predicted molar refractivity (Wildman–Crippen MR) is 99.4 cm³/mol. The number of benzene rings is 1. The van der Waals surface area contributed by atoms with Crippen molar-refractivity contribution >= 4 is 28.8 Å². The molecule has 1 rings (SSSR count). The SMILES string of the molecule is C=C(CN(C)CC=CC#CC(C)(C)C)c1ccc(Cl)cc1Cl. The second-order valence-electron chi connectivity index (χ2n) is 6.35. The Morgan fingerprint density at radius 3 is 2.59 bits per heavy atom. The van der Waals surface area contributed by atoms with Gasteiger partial charge < -0.3 is 0 Å². The smallest absolute Gasteiger partial charge is 0.0496 e. The molecule has 0 aliphatic heterocycles. The number of allylic oxidation sites excluding steroid dienone is 1. The standard InChI is InChI=1S/C19H23Cl2N/c1-15(17-10-9-16(20)13-18(17)21)14-22(5)12-8-6-7-11-19(2,3)4/h6,8-10,13H,1,12,14H2,2-5H3. The largest absolute Gasteiger partial charge is 0.298 e. The van der Waals surface area contributed by atoms with Crippen molar-refractivity contribution < 1.29 is 0 Å². The van der Waals surface area contributed by atoms with Gasteiger partial charge in [0, 0.05) is 28.5 Å². The first-order chi connectivity index (χ1) is 10.2. The Hall–Kier alpha value is -1.20. The van der Waals surface area contributed by atoms with E-state index in [1.54, 1.807) is 6.07 Å². The van der Waals surface area contributed by atoms with E-state index in [1.807, 2.05) is 25.3 Å². The van der Waals surface area contributed by atoms with E-state index >= 15 is 0 Å². The van der Waals surface area contributed by atoms with E-state index in [0.29, 0.717) is 10.0 Å².